The van der Waals surface area contributed by atoms with Crippen molar-refractivity contribution in [2.75, 3.05) is 18.1 Å². The van der Waals surface area contributed by atoms with E-state index in [1.165, 1.54) is 25.2 Å². The largest absolute Gasteiger partial charge is 0.478 e. The zero-order chi connectivity index (χ0) is 11.4. The first-order valence-electron chi connectivity index (χ1n) is 4.16. The summed E-state index contributed by atoms with van der Waals surface area (Å²) in [5, 5.41) is 13.5. The molecule has 0 fully saturated rings. The lowest BCUT2D eigenvalue weighted by molar-refractivity contribution is 0.0698. The van der Waals surface area contributed by atoms with E-state index in [1.807, 2.05) is 0 Å². The molecule has 0 atom stereocenters. The van der Waals surface area contributed by atoms with E-state index in [1.54, 1.807) is 0 Å². The number of aromatic carboxylic acids is 1. The van der Waals surface area contributed by atoms with Gasteiger partial charge in [-0.3, -0.25) is 0 Å². The van der Waals surface area contributed by atoms with Gasteiger partial charge in [-0.1, -0.05) is 0 Å². The van der Waals surface area contributed by atoms with Gasteiger partial charge in [0.05, 0.1) is 11.3 Å². The number of carboxylic acid groups (broad SMARTS) is 1. The number of hydrogen-bond donors (Lipinski definition) is 4. The van der Waals surface area contributed by atoms with E-state index < -0.39 is 12.0 Å². The maximum absolute atomic E-state index is 11.0. The molecule has 1 aromatic rings. The van der Waals surface area contributed by atoms with Gasteiger partial charge in [-0.2, -0.15) is 0 Å². The molecule has 0 saturated heterocycles. The summed E-state index contributed by atoms with van der Waals surface area (Å²) in [6, 6.07) is 3.68. The highest BCUT2D eigenvalue weighted by Crippen LogP contribution is 2.19. The molecule has 0 heterocycles. The van der Waals surface area contributed by atoms with Crippen molar-refractivity contribution in [1.29, 1.82) is 0 Å². The lowest BCUT2D eigenvalue weighted by Crippen LogP contribution is -2.25. The SMILES string of the molecule is CNC(=O)Nc1cc(N)ccc1C(=O)O. The van der Waals surface area contributed by atoms with Gasteiger partial charge >= 0.3 is 12.0 Å². The fraction of sp³-hybridized carbons (Fsp3) is 0.111. The minimum absolute atomic E-state index is 0.00667. The van der Waals surface area contributed by atoms with Crippen LogP contribution in [0.4, 0.5) is 16.2 Å². The third-order valence-electron chi connectivity index (χ3n) is 1.75. The first-order chi connectivity index (χ1) is 7.04. The molecule has 0 saturated carbocycles. The second-order valence-electron chi connectivity index (χ2n) is 2.81. The van der Waals surface area contributed by atoms with Gasteiger partial charge < -0.3 is 21.5 Å². The molecule has 80 valence electrons. The maximum atomic E-state index is 11.0. The number of hydrogen-bond acceptors (Lipinski definition) is 3. The standard InChI is InChI=1S/C9H11N3O3/c1-11-9(15)12-7-4-5(10)2-3-6(7)8(13)14/h2-4H,10H2,1H3,(H,13,14)(H2,11,12,15). The van der Waals surface area contributed by atoms with Crippen LogP contribution < -0.4 is 16.4 Å². The van der Waals surface area contributed by atoms with Crippen LogP contribution in [0.1, 0.15) is 10.4 Å². The molecule has 2 amide bonds. The Balaban J connectivity index is 3.07. The Hall–Kier alpha value is -2.24. The third kappa shape index (κ3) is 2.60. The summed E-state index contributed by atoms with van der Waals surface area (Å²) in [6.45, 7) is 0. The Morgan fingerprint density at radius 1 is 1.40 bits per heavy atom. The number of nitrogens with two attached hydrogens (primary N) is 1. The second-order valence-corrected chi connectivity index (χ2v) is 2.81. The molecule has 0 unspecified atom stereocenters. The van der Waals surface area contributed by atoms with E-state index in [-0.39, 0.29) is 11.3 Å². The Kier molecular flexibility index (Phi) is 3.12. The van der Waals surface area contributed by atoms with E-state index in [4.69, 9.17) is 10.8 Å². The molecular formula is C9H11N3O3. The predicted octanol–water partition coefficient (Wildman–Crippen LogP) is 0.718. The van der Waals surface area contributed by atoms with E-state index in [0.29, 0.717) is 5.69 Å². The minimum atomic E-state index is -1.12. The van der Waals surface area contributed by atoms with E-state index in [9.17, 15) is 9.59 Å². The zero-order valence-electron chi connectivity index (χ0n) is 8.07. The van der Waals surface area contributed by atoms with E-state index in [0.717, 1.165) is 0 Å². The van der Waals surface area contributed by atoms with Crippen LogP contribution in [0.2, 0.25) is 0 Å². The lowest BCUT2D eigenvalue weighted by atomic mass is 10.1. The van der Waals surface area contributed by atoms with Gasteiger partial charge in [0.15, 0.2) is 0 Å². The van der Waals surface area contributed by atoms with Crippen molar-refractivity contribution in [3.63, 3.8) is 0 Å². The molecular weight excluding hydrogens is 198 g/mol. The Labute approximate surface area is 86.1 Å². The van der Waals surface area contributed by atoms with Crippen molar-refractivity contribution in [3.05, 3.63) is 23.8 Å². The van der Waals surface area contributed by atoms with Crippen molar-refractivity contribution < 1.29 is 14.7 Å². The fourth-order valence-corrected chi connectivity index (χ4v) is 1.04. The van der Waals surface area contributed by atoms with Crippen molar-refractivity contribution >= 4 is 23.4 Å². The van der Waals surface area contributed by atoms with Crippen LogP contribution in [0, 0.1) is 0 Å². The van der Waals surface area contributed by atoms with Crippen molar-refractivity contribution in [2.45, 2.75) is 0 Å². The molecule has 0 aliphatic heterocycles. The summed E-state index contributed by atoms with van der Waals surface area (Å²) in [5.74, 6) is -1.12. The molecule has 0 aliphatic carbocycles. The highest BCUT2D eigenvalue weighted by Gasteiger charge is 2.11. The second kappa shape index (κ2) is 4.32. The predicted molar refractivity (Wildman–Crippen MR) is 55.9 cm³/mol. The summed E-state index contributed by atoms with van der Waals surface area (Å²) in [6.07, 6.45) is 0. The van der Waals surface area contributed by atoms with Gasteiger partial charge in [0.1, 0.15) is 0 Å². The van der Waals surface area contributed by atoms with Crippen LogP contribution in [-0.4, -0.2) is 24.2 Å². The number of carbonyl (C=O) groups excluding carboxylic acids is 1. The number of nitrogen functional groups attached to an aromatic ring is 1. The molecule has 6 heteroatoms. The molecule has 0 aliphatic rings. The summed E-state index contributed by atoms with van der Waals surface area (Å²) in [5.41, 5.74) is 6.02. The average Bonchev–Trinajstić information content (AvgIpc) is 2.17. The molecule has 1 aromatic carbocycles. The van der Waals surface area contributed by atoms with Crippen LogP contribution in [0.15, 0.2) is 18.2 Å². The van der Waals surface area contributed by atoms with E-state index >= 15 is 0 Å². The molecule has 0 spiro atoms. The number of amides is 2. The monoisotopic (exact) mass is 209 g/mol. The first kappa shape index (κ1) is 10.8. The first-order valence-corrected chi connectivity index (χ1v) is 4.16. The van der Waals surface area contributed by atoms with Gasteiger partial charge in [-0.15, -0.1) is 0 Å². The van der Waals surface area contributed by atoms with Crippen LogP contribution in [-0.2, 0) is 0 Å². The normalized spacial score (nSPS) is 9.40. The third-order valence-corrected chi connectivity index (χ3v) is 1.75. The van der Waals surface area contributed by atoms with E-state index in [2.05, 4.69) is 10.6 Å². The molecule has 15 heavy (non-hydrogen) atoms. The number of rotatable bonds is 2. The van der Waals surface area contributed by atoms with Crippen LogP contribution in [0.3, 0.4) is 0 Å². The van der Waals surface area contributed by atoms with Crippen molar-refractivity contribution in [2.24, 2.45) is 0 Å². The zero-order valence-corrected chi connectivity index (χ0v) is 8.07. The number of urea groups is 1. The Bertz CT molecular complexity index is 404. The van der Waals surface area contributed by atoms with Crippen LogP contribution in [0.25, 0.3) is 0 Å². The summed E-state index contributed by atoms with van der Waals surface area (Å²) >= 11 is 0. The van der Waals surface area contributed by atoms with Crippen molar-refractivity contribution in [3.8, 4) is 0 Å². The molecule has 5 N–H and O–H groups in total. The molecule has 1 rings (SSSR count). The molecule has 0 bridgehead atoms. The molecule has 0 radical (unpaired) electrons. The number of carbonyl (C=O) groups is 2. The Morgan fingerprint density at radius 3 is 2.60 bits per heavy atom. The molecule has 6 nitrogen and oxygen atoms in total. The van der Waals surface area contributed by atoms with Crippen molar-refractivity contribution in [1.82, 2.24) is 5.32 Å². The smallest absolute Gasteiger partial charge is 0.337 e. The quantitative estimate of drug-likeness (QED) is 0.538. The van der Waals surface area contributed by atoms with Gasteiger partial charge in [0.25, 0.3) is 0 Å². The highest BCUT2D eigenvalue weighted by atomic mass is 16.4. The number of carboxylic acids is 1. The summed E-state index contributed by atoms with van der Waals surface area (Å²) in [7, 11) is 1.43. The average molecular weight is 209 g/mol. The van der Waals surface area contributed by atoms with Gasteiger partial charge in [-0.25, -0.2) is 9.59 Å². The Morgan fingerprint density at radius 2 is 2.07 bits per heavy atom. The minimum Gasteiger partial charge on any atom is -0.478 e. The molecule has 0 aromatic heterocycles. The topological polar surface area (TPSA) is 104 Å². The fourth-order valence-electron chi connectivity index (χ4n) is 1.04. The van der Waals surface area contributed by atoms with Gasteiger partial charge in [-0.05, 0) is 18.2 Å². The maximum Gasteiger partial charge on any atom is 0.337 e. The number of benzene rings is 1. The number of nitrogens with one attached hydrogen (secondary N) is 2. The van der Waals surface area contributed by atoms with Crippen LogP contribution >= 0.6 is 0 Å². The number of anilines is 2. The highest BCUT2D eigenvalue weighted by molar-refractivity contribution is 6.00. The van der Waals surface area contributed by atoms with Gasteiger partial charge in [0.2, 0.25) is 0 Å². The summed E-state index contributed by atoms with van der Waals surface area (Å²) < 4.78 is 0. The van der Waals surface area contributed by atoms with Crippen LogP contribution in [0.5, 0.6) is 0 Å². The lowest BCUT2D eigenvalue weighted by Gasteiger charge is -2.08. The summed E-state index contributed by atoms with van der Waals surface area (Å²) in [4.78, 5) is 21.8. The van der Waals surface area contributed by atoms with Gasteiger partial charge in [0, 0.05) is 12.7 Å².